The van der Waals surface area contributed by atoms with Crippen LogP contribution in [0.15, 0.2) is 42.5 Å². The molecule has 0 radical (unpaired) electrons. The molecule has 0 spiro atoms. The maximum Gasteiger partial charge on any atom is 0.227 e. The van der Waals surface area contributed by atoms with Crippen LogP contribution in [0.3, 0.4) is 0 Å². The summed E-state index contributed by atoms with van der Waals surface area (Å²) in [5.74, 6) is 0.620. The first-order valence-corrected chi connectivity index (χ1v) is 7.10. The number of likely N-dealkylation sites (N-methyl/N-ethyl adjacent to an activating group) is 1. The maximum atomic E-state index is 12.2. The molecule has 0 unspecified atom stereocenters. The second kappa shape index (κ2) is 6.58. The predicted molar refractivity (Wildman–Crippen MR) is 80.6 cm³/mol. The van der Waals surface area contributed by atoms with Gasteiger partial charge in [0.05, 0.1) is 6.42 Å². The SMILES string of the molecule is CCN(CCCl)C(=O)Cc1cccc2ccccc12. The quantitative estimate of drug-likeness (QED) is 0.765. The Morgan fingerprint density at radius 2 is 1.89 bits per heavy atom. The highest BCUT2D eigenvalue weighted by atomic mass is 35.5. The van der Waals surface area contributed by atoms with Crippen molar-refractivity contribution in [2.75, 3.05) is 19.0 Å². The molecule has 0 fully saturated rings. The van der Waals surface area contributed by atoms with Crippen molar-refractivity contribution in [2.45, 2.75) is 13.3 Å². The molecule has 0 saturated carbocycles. The van der Waals surface area contributed by atoms with Gasteiger partial charge in [-0.2, -0.15) is 0 Å². The highest BCUT2D eigenvalue weighted by Crippen LogP contribution is 2.19. The fourth-order valence-corrected chi connectivity index (χ4v) is 2.49. The van der Waals surface area contributed by atoms with Crippen molar-refractivity contribution in [3.05, 3.63) is 48.0 Å². The molecule has 0 aliphatic heterocycles. The van der Waals surface area contributed by atoms with Crippen molar-refractivity contribution in [1.29, 1.82) is 0 Å². The minimum atomic E-state index is 0.138. The Balaban J connectivity index is 2.23. The average Bonchev–Trinajstić information content (AvgIpc) is 2.45. The molecule has 0 aliphatic carbocycles. The average molecular weight is 276 g/mol. The Bertz CT molecular complexity index is 562. The summed E-state index contributed by atoms with van der Waals surface area (Å²) in [6, 6.07) is 14.2. The van der Waals surface area contributed by atoms with Crippen LogP contribution in [0.25, 0.3) is 10.8 Å². The van der Waals surface area contributed by atoms with Gasteiger partial charge in [-0.15, -0.1) is 11.6 Å². The molecule has 19 heavy (non-hydrogen) atoms. The van der Waals surface area contributed by atoms with Crippen LogP contribution in [0, 0.1) is 0 Å². The van der Waals surface area contributed by atoms with E-state index in [1.54, 1.807) is 4.90 Å². The van der Waals surface area contributed by atoms with Crippen molar-refractivity contribution in [2.24, 2.45) is 0 Å². The van der Waals surface area contributed by atoms with E-state index in [1.165, 1.54) is 5.39 Å². The standard InChI is InChI=1S/C16H18ClNO/c1-2-18(11-10-17)16(19)12-14-8-5-7-13-6-3-4-9-15(13)14/h3-9H,2,10-12H2,1H3. The number of rotatable bonds is 5. The Morgan fingerprint density at radius 1 is 1.16 bits per heavy atom. The normalized spacial score (nSPS) is 10.6. The molecular weight excluding hydrogens is 258 g/mol. The summed E-state index contributed by atoms with van der Waals surface area (Å²) >= 11 is 5.72. The first-order valence-electron chi connectivity index (χ1n) is 6.56. The molecule has 0 atom stereocenters. The third kappa shape index (κ3) is 3.27. The first kappa shape index (κ1) is 13.9. The van der Waals surface area contributed by atoms with Gasteiger partial charge in [0.2, 0.25) is 5.91 Å². The fourth-order valence-electron chi connectivity index (χ4n) is 2.28. The Labute approximate surface area is 119 Å². The number of amides is 1. The number of hydrogen-bond acceptors (Lipinski definition) is 1. The Morgan fingerprint density at radius 3 is 2.63 bits per heavy atom. The molecule has 0 aliphatic rings. The highest BCUT2D eigenvalue weighted by molar-refractivity contribution is 6.18. The monoisotopic (exact) mass is 275 g/mol. The summed E-state index contributed by atoms with van der Waals surface area (Å²) in [4.78, 5) is 14.0. The van der Waals surface area contributed by atoms with Gasteiger partial charge in [0.25, 0.3) is 0 Å². The summed E-state index contributed by atoms with van der Waals surface area (Å²) in [7, 11) is 0. The summed E-state index contributed by atoms with van der Waals surface area (Å²) in [5, 5.41) is 2.33. The van der Waals surface area contributed by atoms with E-state index in [0.717, 1.165) is 10.9 Å². The molecule has 2 rings (SSSR count). The van der Waals surface area contributed by atoms with E-state index < -0.39 is 0 Å². The zero-order valence-electron chi connectivity index (χ0n) is 11.1. The second-order valence-electron chi connectivity index (χ2n) is 4.48. The van der Waals surface area contributed by atoms with Gasteiger partial charge < -0.3 is 4.90 Å². The number of halogens is 1. The zero-order valence-corrected chi connectivity index (χ0v) is 11.9. The van der Waals surface area contributed by atoms with Crippen LogP contribution >= 0.6 is 11.6 Å². The molecule has 0 bridgehead atoms. The summed E-state index contributed by atoms with van der Waals surface area (Å²) in [6.45, 7) is 3.30. The second-order valence-corrected chi connectivity index (χ2v) is 4.86. The number of carbonyl (C=O) groups excluding carboxylic acids is 1. The lowest BCUT2D eigenvalue weighted by Gasteiger charge is -2.20. The molecule has 2 aromatic rings. The van der Waals surface area contributed by atoms with E-state index in [2.05, 4.69) is 18.2 Å². The lowest BCUT2D eigenvalue weighted by atomic mass is 10.0. The first-order chi connectivity index (χ1) is 9.26. The summed E-state index contributed by atoms with van der Waals surface area (Å²) < 4.78 is 0. The third-order valence-corrected chi connectivity index (χ3v) is 3.48. The van der Waals surface area contributed by atoms with Gasteiger partial charge >= 0.3 is 0 Å². The van der Waals surface area contributed by atoms with Gasteiger partial charge in [0, 0.05) is 19.0 Å². The number of fused-ring (bicyclic) bond motifs is 1. The molecular formula is C16H18ClNO. The molecule has 2 nitrogen and oxygen atoms in total. The van der Waals surface area contributed by atoms with E-state index in [1.807, 2.05) is 31.2 Å². The number of carbonyl (C=O) groups is 1. The van der Waals surface area contributed by atoms with Gasteiger partial charge in [-0.1, -0.05) is 42.5 Å². The fraction of sp³-hybridized carbons (Fsp3) is 0.312. The molecule has 0 saturated heterocycles. The molecule has 3 heteroatoms. The van der Waals surface area contributed by atoms with E-state index in [-0.39, 0.29) is 5.91 Å². The minimum absolute atomic E-state index is 0.138. The lowest BCUT2D eigenvalue weighted by Crippen LogP contribution is -2.33. The molecule has 1 amide bonds. The van der Waals surface area contributed by atoms with Crippen molar-refractivity contribution >= 4 is 28.3 Å². The zero-order chi connectivity index (χ0) is 13.7. The topological polar surface area (TPSA) is 20.3 Å². The van der Waals surface area contributed by atoms with Crippen LogP contribution in [0.2, 0.25) is 0 Å². The van der Waals surface area contributed by atoms with Crippen LogP contribution in [-0.4, -0.2) is 29.8 Å². The van der Waals surface area contributed by atoms with Crippen LogP contribution in [-0.2, 0) is 11.2 Å². The van der Waals surface area contributed by atoms with Crippen LogP contribution in [0.4, 0.5) is 0 Å². The Hall–Kier alpha value is -1.54. The van der Waals surface area contributed by atoms with Crippen molar-refractivity contribution in [1.82, 2.24) is 4.90 Å². The van der Waals surface area contributed by atoms with Gasteiger partial charge in [-0.25, -0.2) is 0 Å². The molecule has 0 heterocycles. The molecule has 100 valence electrons. The smallest absolute Gasteiger partial charge is 0.227 e. The van der Waals surface area contributed by atoms with E-state index >= 15 is 0 Å². The Kier molecular flexibility index (Phi) is 4.80. The van der Waals surface area contributed by atoms with E-state index in [0.29, 0.717) is 25.4 Å². The van der Waals surface area contributed by atoms with Crippen molar-refractivity contribution in [3.63, 3.8) is 0 Å². The minimum Gasteiger partial charge on any atom is -0.341 e. The van der Waals surface area contributed by atoms with Crippen LogP contribution < -0.4 is 0 Å². The summed E-state index contributed by atoms with van der Waals surface area (Å²) in [6.07, 6.45) is 0.437. The van der Waals surface area contributed by atoms with Crippen molar-refractivity contribution in [3.8, 4) is 0 Å². The van der Waals surface area contributed by atoms with E-state index in [4.69, 9.17) is 11.6 Å². The molecule has 2 aromatic carbocycles. The third-order valence-electron chi connectivity index (χ3n) is 3.31. The molecule has 0 N–H and O–H groups in total. The van der Waals surface area contributed by atoms with Gasteiger partial charge in [0.15, 0.2) is 0 Å². The number of nitrogens with zero attached hydrogens (tertiary/aromatic N) is 1. The van der Waals surface area contributed by atoms with E-state index in [9.17, 15) is 4.79 Å². The number of benzene rings is 2. The van der Waals surface area contributed by atoms with Gasteiger partial charge in [-0.05, 0) is 23.3 Å². The summed E-state index contributed by atoms with van der Waals surface area (Å²) in [5.41, 5.74) is 1.08. The highest BCUT2D eigenvalue weighted by Gasteiger charge is 2.12. The molecule has 0 aromatic heterocycles. The van der Waals surface area contributed by atoms with Crippen LogP contribution in [0.5, 0.6) is 0 Å². The lowest BCUT2D eigenvalue weighted by molar-refractivity contribution is -0.130. The number of hydrogen-bond donors (Lipinski definition) is 0. The maximum absolute atomic E-state index is 12.2. The van der Waals surface area contributed by atoms with Crippen molar-refractivity contribution < 1.29 is 4.79 Å². The van der Waals surface area contributed by atoms with Gasteiger partial charge in [-0.3, -0.25) is 4.79 Å². The van der Waals surface area contributed by atoms with Crippen LogP contribution in [0.1, 0.15) is 12.5 Å². The predicted octanol–water partition coefficient (Wildman–Crippen LogP) is 3.47. The largest absolute Gasteiger partial charge is 0.341 e. The number of alkyl halides is 1. The van der Waals surface area contributed by atoms with Gasteiger partial charge in [0.1, 0.15) is 0 Å².